The van der Waals surface area contributed by atoms with Crippen LogP contribution in [0.4, 0.5) is 0 Å². The molecule has 0 spiro atoms. The molecule has 2 aromatic rings. The third-order valence-corrected chi connectivity index (χ3v) is 3.90. The summed E-state index contributed by atoms with van der Waals surface area (Å²) in [5.41, 5.74) is 0.523. The van der Waals surface area contributed by atoms with Gasteiger partial charge in [0.2, 0.25) is 0 Å². The zero-order chi connectivity index (χ0) is 17.5. The molecule has 1 heterocycles. The molecule has 0 atom stereocenters. The highest BCUT2D eigenvalue weighted by Gasteiger charge is 2.18. The fourth-order valence-electron chi connectivity index (χ4n) is 1.82. The van der Waals surface area contributed by atoms with Gasteiger partial charge in [0.05, 0.1) is 18.4 Å². The molecule has 6 heteroatoms. The molecule has 0 fully saturated rings. The fourth-order valence-corrected chi connectivity index (χ4v) is 2.45. The molecule has 1 N–H and O–H groups in total. The quantitative estimate of drug-likeness (QED) is 0.422. The second-order valence-corrected chi connectivity index (χ2v) is 6.66. The molecular weight excluding hydrogens is 421 g/mol. The van der Waals surface area contributed by atoms with E-state index in [1.807, 2.05) is 26.0 Å². The Labute approximate surface area is 154 Å². The zero-order valence-electron chi connectivity index (χ0n) is 13.4. The minimum Gasteiger partial charge on any atom is -0.465 e. The number of hydrogen-bond donors (Lipinski definition) is 1. The van der Waals surface area contributed by atoms with E-state index in [0.717, 1.165) is 3.57 Å². The number of nitrogens with one attached hydrogen (secondary N) is 1. The number of halogens is 1. The number of carbonyl (C=O) groups is 2. The molecule has 5 nitrogen and oxygen atoms in total. The van der Waals surface area contributed by atoms with Gasteiger partial charge < -0.3 is 14.5 Å². The van der Waals surface area contributed by atoms with E-state index in [0.29, 0.717) is 11.3 Å². The summed E-state index contributed by atoms with van der Waals surface area (Å²) in [5, 5.41) is 2.62. The van der Waals surface area contributed by atoms with Crippen molar-refractivity contribution in [2.45, 2.75) is 13.8 Å². The topological polar surface area (TPSA) is 68.5 Å². The predicted molar refractivity (Wildman–Crippen MR) is 99.1 cm³/mol. The van der Waals surface area contributed by atoms with Crippen LogP contribution >= 0.6 is 22.6 Å². The molecule has 24 heavy (non-hydrogen) atoms. The summed E-state index contributed by atoms with van der Waals surface area (Å²) >= 11 is 2.07. The molecule has 0 aliphatic heterocycles. The van der Waals surface area contributed by atoms with Crippen molar-refractivity contribution in [3.8, 4) is 0 Å². The van der Waals surface area contributed by atoms with Gasteiger partial charge in [-0.1, -0.05) is 26.0 Å². The molecule has 0 bridgehead atoms. The first-order valence-corrected chi connectivity index (χ1v) is 8.53. The third-order valence-electron chi connectivity index (χ3n) is 2.96. The molecule has 2 rings (SSSR count). The Morgan fingerprint density at radius 3 is 2.62 bits per heavy atom. The minimum atomic E-state index is -0.598. The van der Waals surface area contributed by atoms with Crippen molar-refractivity contribution in [3.05, 3.63) is 63.3 Å². The van der Waals surface area contributed by atoms with Gasteiger partial charge in [0.1, 0.15) is 11.5 Å². The first-order chi connectivity index (χ1) is 11.5. The van der Waals surface area contributed by atoms with Crippen LogP contribution in [0.15, 0.2) is 52.8 Å². The summed E-state index contributed by atoms with van der Waals surface area (Å²) in [6.45, 7) is 4.15. The average Bonchev–Trinajstić information content (AvgIpc) is 3.05. The maximum absolute atomic E-state index is 12.5. The van der Waals surface area contributed by atoms with Gasteiger partial charge in [-0.25, -0.2) is 4.79 Å². The molecule has 0 unspecified atom stereocenters. The first kappa shape index (κ1) is 18.3. The van der Waals surface area contributed by atoms with Crippen molar-refractivity contribution in [1.82, 2.24) is 5.32 Å². The van der Waals surface area contributed by atoms with E-state index < -0.39 is 5.97 Å². The number of hydrogen-bond acceptors (Lipinski definition) is 4. The third kappa shape index (κ3) is 5.23. The lowest BCUT2D eigenvalue weighted by atomic mass is 10.2. The number of rotatable bonds is 6. The second kappa shape index (κ2) is 8.68. The van der Waals surface area contributed by atoms with Gasteiger partial charge in [0.15, 0.2) is 0 Å². The SMILES string of the molecule is CC(C)COC(=O)C(=Cc1ccco1)NC(=O)c1ccccc1I. The summed E-state index contributed by atoms with van der Waals surface area (Å²) in [5.74, 6) is -0.321. The monoisotopic (exact) mass is 439 g/mol. The highest BCUT2D eigenvalue weighted by molar-refractivity contribution is 14.1. The van der Waals surface area contributed by atoms with Crippen LogP contribution in [0.1, 0.15) is 30.0 Å². The highest BCUT2D eigenvalue weighted by atomic mass is 127. The Balaban J connectivity index is 2.21. The normalized spacial score (nSPS) is 11.4. The number of esters is 1. The summed E-state index contributed by atoms with van der Waals surface area (Å²) in [7, 11) is 0. The van der Waals surface area contributed by atoms with E-state index in [2.05, 4.69) is 27.9 Å². The molecule has 126 valence electrons. The number of benzene rings is 1. The Bertz CT molecular complexity index is 735. The molecule has 0 saturated heterocycles. The fraction of sp³-hybridized carbons (Fsp3) is 0.222. The number of ether oxygens (including phenoxy) is 1. The molecular formula is C18H18INO4. The van der Waals surface area contributed by atoms with E-state index >= 15 is 0 Å². The average molecular weight is 439 g/mol. The van der Waals surface area contributed by atoms with Crippen LogP contribution in [-0.4, -0.2) is 18.5 Å². The molecule has 0 aliphatic rings. The molecule has 0 saturated carbocycles. The van der Waals surface area contributed by atoms with Crippen molar-refractivity contribution >= 4 is 40.5 Å². The smallest absolute Gasteiger partial charge is 0.354 e. The van der Waals surface area contributed by atoms with E-state index in [1.165, 1.54) is 12.3 Å². The minimum absolute atomic E-state index is 0.0373. The van der Waals surface area contributed by atoms with Crippen LogP contribution in [0.25, 0.3) is 6.08 Å². The van der Waals surface area contributed by atoms with Gasteiger partial charge in [0, 0.05) is 9.65 Å². The van der Waals surface area contributed by atoms with Crippen molar-refractivity contribution in [1.29, 1.82) is 0 Å². The van der Waals surface area contributed by atoms with E-state index in [9.17, 15) is 9.59 Å². The van der Waals surface area contributed by atoms with Gasteiger partial charge in [-0.3, -0.25) is 4.79 Å². The van der Waals surface area contributed by atoms with E-state index in [-0.39, 0.29) is 24.1 Å². The standard InChI is InChI=1S/C18H18INO4/c1-12(2)11-24-18(22)16(10-13-6-5-9-23-13)20-17(21)14-7-3-4-8-15(14)19/h3-10,12H,11H2,1-2H3,(H,20,21). The van der Waals surface area contributed by atoms with Crippen LogP contribution < -0.4 is 5.32 Å². The van der Waals surface area contributed by atoms with Gasteiger partial charge >= 0.3 is 5.97 Å². The molecule has 0 radical (unpaired) electrons. The largest absolute Gasteiger partial charge is 0.465 e. The molecule has 1 aromatic carbocycles. The summed E-state index contributed by atoms with van der Waals surface area (Å²) in [4.78, 5) is 24.7. The highest BCUT2D eigenvalue weighted by Crippen LogP contribution is 2.13. The Morgan fingerprint density at radius 1 is 1.25 bits per heavy atom. The molecule has 1 amide bonds. The van der Waals surface area contributed by atoms with E-state index in [4.69, 9.17) is 9.15 Å². The predicted octanol–water partition coefficient (Wildman–Crippen LogP) is 3.85. The Hall–Kier alpha value is -2.09. The molecule has 1 aromatic heterocycles. The van der Waals surface area contributed by atoms with Crippen molar-refractivity contribution < 1.29 is 18.7 Å². The second-order valence-electron chi connectivity index (χ2n) is 5.50. The van der Waals surface area contributed by atoms with Crippen molar-refractivity contribution in [2.24, 2.45) is 5.92 Å². The lowest BCUT2D eigenvalue weighted by Gasteiger charge is -2.12. The van der Waals surface area contributed by atoms with Crippen LogP contribution in [0, 0.1) is 9.49 Å². The summed E-state index contributed by atoms with van der Waals surface area (Å²) < 4.78 is 11.2. The Morgan fingerprint density at radius 2 is 2.00 bits per heavy atom. The maximum Gasteiger partial charge on any atom is 0.354 e. The number of furan rings is 1. The Kier molecular flexibility index (Phi) is 6.60. The zero-order valence-corrected chi connectivity index (χ0v) is 15.6. The lowest BCUT2D eigenvalue weighted by Crippen LogP contribution is -2.29. The summed E-state index contributed by atoms with van der Waals surface area (Å²) in [6.07, 6.45) is 2.95. The van der Waals surface area contributed by atoms with Crippen LogP contribution in [0.5, 0.6) is 0 Å². The van der Waals surface area contributed by atoms with Gasteiger partial charge in [-0.15, -0.1) is 0 Å². The number of carbonyl (C=O) groups excluding carboxylic acids is 2. The van der Waals surface area contributed by atoms with Gasteiger partial charge in [-0.2, -0.15) is 0 Å². The van der Waals surface area contributed by atoms with Crippen molar-refractivity contribution in [3.63, 3.8) is 0 Å². The number of amides is 1. The first-order valence-electron chi connectivity index (χ1n) is 7.45. The maximum atomic E-state index is 12.5. The van der Waals surface area contributed by atoms with E-state index in [1.54, 1.807) is 24.3 Å². The summed E-state index contributed by atoms with van der Waals surface area (Å²) in [6, 6.07) is 10.5. The van der Waals surface area contributed by atoms with Crippen LogP contribution in [-0.2, 0) is 9.53 Å². The van der Waals surface area contributed by atoms with Crippen LogP contribution in [0.2, 0.25) is 0 Å². The molecule has 0 aliphatic carbocycles. The lowest BCUT2D eigenvalue weighted by molar-refractivity contribution is -0.140. The van der Waals surface area contributed by atoms with Gasteiger partial charge in [-0.05, 0) is 52.8 Å². The van der Waals surface area contributed by atoms with Crippen LogP contribution in [0.3, 0.4) is 0 Å². The van der Waals surface area contributed by atoms with Crippen molar-refractivity contribution in [2.75, 3.05) is 6.61 Å². The van der Waals surface area contributed by atoms with Gasteiger partial charge in [0.25, 0.3) is 5.91 Å².